The second kappa shape index (κ2) is 6.25. The van der Waals surface area contributed by atoms with E-state index < -0.39 is 30.5 Å². The third-order valence-electron chi connectivity index (χ3n) is 4.43. The van der Waals surface area contributed by atoms with Crippen LogP contribution in [0.5, 0.6) is 0 Å². The monoisotopic (exact) mass is 308 g/mol. The van der Waals surface area contributed by atoms with Gasteiger partial charge in [0.15, 0.2) is 0 Å². The first kappa shape index (κ1) is 17.4. The summed E-state index contributed by atoms with van der Waals surface area (Å²) in [7, 11) is 1.18. The van der Waals surface area contributed by atoms with E-state index in [2.05, 4.69) is 10.3 Å². The van der Waals surface area contributed by atoms with Crippen molar-refractivity contribution >= 4 is 12.6 Å². The molecule has 2 unspecified atom stereocenters. The van der Waals surface area contributed by atoms with Gasteiger partial charge in [0.05, 0.1) is 17.3 Å². The molecule has 1 aliphatic rings. The van der Waals surface area contributed by atoms with E-state index in [-0.39, 0.29) is 0 Å². The summed E-state index contributed by atoms with van der Waals surface area (Å²) in [6.07, 6.45) is 1.28. The lowest BCUT2D eigenvalue weighted by Crippen LogP contribution is -2.41. The average Bonchev–Trinajstić information content (AvgIpc) is 2.67. The standard InChI is InChI=1S/C15H25BN2O4/c1-14(2)15(3,4)22-16(21-14)11-6-10(7-18-8-11)13(20)12(19)9-17-5/h6-8,12-13,17,19-20H,9H2,1-5H3. The van der Waals surface area contributed by atoms with Crippen LogP contribution in [0.15, 0.2) is 18.5 Å². The van der Waals surface area contributed by atoms with E-state index in [1.54, 1.807) is 19.3 Å². The van der Waals surface area contributed by atoms with Crippen LogP contribution in [0.25, 0.3) is 0 Å². The quantitative estimate of drug-likeness (QED) is 0.664. The van der Waals surface area contributed by atoms with Gasteiger partial charge < -0.3 is 24.8 Å². The molecule has 0 radical (unpaired) electrons. The predicted octanol–water partition coefficient (Wildman–Crippen LogP) is -0.00550. The third-order valence-corrected chi connectivity index (χ3v) is 4.43. The number of hydrogen-bond donors (Lipinski definition) is 3. The van der Waals surface area contributed by atoms with E-state index in [1.807, 2.05) is 27.7 Å². The summed E-state index contributed by atoms with van der Waals surface area (Å²) < 4.78 is 11.9. The van der Waals surface area contributed by atoms with Gasteiger partial charge in [-0.15, -0.1) is 0 Å². The Morgan fingerprint density at radius 1 is 1.18 bits per heavy atom. The van der Waals surface area contributed by atoms with Crippen LogP contribution in [-0.2, 0) is 9.31 Å². The van der Waals surface area contributed by atoms with Crippen molar-refractivity contribution in [2.45, 2.75) is 51.1 Å². The lowest BCUT2D eigenvalue weighted by atomic mass is 9.79. The number of pyridine rings is 1. The predicted molar refractivity (Wildman–Crippen MR) is 84.8 cm³/mol. The largest absolute Gasteiger partial charge is 0.496 e. The van der Waals surface area contributed by atoms with Gasteiger partial charge in [-0.3, -0.25) is 4.98 Å². The molecule has 2 rings (SSSR count). The Labute approximate surface area is 132 Å². The van der Waals surface area contributed by atoms with Crippen molar-refractivity contribution in [2.75, 3.05) is 13.6 Å². The van der Waals surface area contributed by atoms with Crippen molar-refractivity contribution in [3.05, 3.63) is 24.0 Å². The highest BCUT2D eigenvalue weighted by atomic mass is 16.7. The first-order chi connectivity index (χ1) is 10.2. The summed E-state index contributed by atoms with van der Waals surface area (Å²) in [5.74, 6) is 0. The molecule has 1 fully saturated rings. The lowest BCUT2D eigenvalue weighted by Gasteiger charge is -2.32. The average molecular weight is 308 g/mol. The second-order valence-electron chi connectivity index (χ2n) is 6.71. The molecule has 2 atom stereocenters. The number of likely N-dealkylation sites (N-methyl/N-ethyl adjacent to an activating group) is 1. The minimum absolute atomic E-state index is 0.294. The highest BCUT2D eigenvalue weighted by Crippen LogP contribution is 2.36. The van der Waals surface area contributed by atoms with E-state index in [0.717, 1.165) is 5.46 Å². The van der Waals surface area contributed by atoms with Gasteiger partial charge in [0.2, 0.25) is 0 Å². The second-order valence-corrected chi connectivity index (χ2v) is 6.71. The van der Waals surface area contributed by atoms with Crippen LogP contribution in [0.3, 0.4) is 0 Å². The van der Waals surface area contributed by atoms with Gasteiger partial charge in [0.25, 0.3) is 0 Å². The zero-order chi connectivity index (χ0) is 16.5. The Morgan fingerprint density at radius 3 is 2.32 bits per heavy atom. The number of nitrogens with zero attached hydrogens (tertiary/aromatic N) is 1. The summed E-state index contributed by atoms with van der Waals surface area (Å²) >= 11 is 0. The maximum absolute atomic E-state index is 10.2. The van der Waals surface area contributed by atoms with Crippen LogP contribution in [-0.4, -0.2) is 53.2 Å². The van der Waals surface area contributed by atoms with Gasteiger partial charge in [-0.2, -0.15) is 0 Å². The van der Waals surface area contributed by atoms with Crippen LogP contribution < -0.4 is 10.8 Å². The van der Waals surface area contributed by atoms with Crippen LogP contribution in [0.1, 0.15) is 39.4 Å². The fraction of sp³-hybridized carbons (Fsp3) is 0.667. The summed E-state index contributed by atoms with van der Waals surface area (Å²) in [4.78, 5) is 4.14. The molecule has 1 aromatic rings. The Hall–Kier alpha value is -0.985. The molecule has 2 heterocycles. The van der Waals surface area contributed by atoms with Crippen LogP contribution >= 0.6 is 0 Å². The molecule has 0 bridgehead atoms. The molecule has 122 valence electrons. The van der Waals surface area contributed by atoms with Gasteiger partial charge in [-0.05, 0) is 34.7 Å². The molecule has 0 aliphatic carbocycles. The normalized spacial score (nSPS) is 22.6. The first-order valence-corrected chi connectivity index (χ1v) is 7.49. The van der Waals surface area contributed by atoms with E-state index in [0.29, 0.717) is 12.1 Å². The van der Waals surface area contributed by atoms with Crippen molar-refractivity contribution in [3.63, 3.8) is 0 Å². The maximum Gasteiger partial charge on any atom is 0.496 e. The SMILES string of the molecule is CNCC(O)C(O)c1cncc(B2OC(C)(C)C(C)(C)O2)c1. The number of nitrogens with one attached hydrogen (secondary N) is 1. The summed E-state index contributed by atoms with van der Waals surface area (Å²) in [5.41, 5.74) is 0.400. The first-order valence-electron chi connectivity index (χ1n) is 7.49. The molecule has 1 saturated heterocycles. The summed E-state index contributed by atoms with van der Waals surface area (Å²) in [6, 6.07) is 1.76. The van der Waals surface area contributed by atoms with E-state index >= 15 is 0 Å². The zero-order valence-electron chi connectivity index (χ0n) is 13.8. The van der Waals surface area contributed by atoms with Crippen LogP contribution in [0, 0.1) is 0 Å². The topological polar surface area (TPSA) is 83.8 Å². The number of aliphatic hydroxyl groups excluding tert-OH is 2. The number of aromatic nitrogens is 1. The minimum atomic E-state index is -1.01. The van der Waals surface area contributed by atoms with Gasteiger partial charge in [0.1, 0.15) is 6.10 Å². The molecule has 3 N–H and O–H groups in total. The molecule has 0 amide bonds. The molecule has 7 heteroatoms. The van der Waals surface area contributed by atoms with Gasteiger partial charge in [-0.25, -0.2) is 0 Å². The van der Waals surface area contributed by atoms with Gasteiger partial charge >= 0.3 is 7.12 Å². The van der Waals surface area contributed by atoms with Gasteiger partial charge in [0, 0.05) is 30.0 Å². The van der Waals surface area contributed by atoms with Crippen molar-refractivity contribution in [2.24, 2.45) is 0 Å². The van der Waals surface area contributed by atoms with Gasteiger partial charge in [-0.1, -0.05) is 6.07 Å². The molecule has 0 spiro atoms. The Balaban J connectivity index is 2.20. The fourth-order valence-corrected chi connectivity index (χ4v) is 2.29. The molecule has 0 aromatic carbocycles. The maximum atomic E-state index is 10.2. The van der Waals surface area contributed by atoms with E-state index in [1.165, 1.54) is 6.20 Å². The Kier molecular flexibility index (Phi) is 4.94. The Bertz CT molecular complexity index is 508. The molecular weight excluding hydrogens is 283 g/mol. The molecule has 6 nitrogen and oxygen atoms in total. The lowest BCUT2D eigenvalue weighted by molar-refractivity contribution is 0.00578. The molecule has 0 saturated carbocycles. The third kappa shape index (κ3) is 3.34. The van der Waals surface area contributed by atoms with Crippen molar-refractivity contribution in [1.29, 1.82) is 0 Å². The van der Waals surface area contributed by atoms with Crippen LogP contribution in [0.2, 0.25) is 0 Å². The highest BCUT2D eigenvalue weighted by molar-refractivity contribution is 6.62. The fourth-order valence-electron chi connectivity index (χ4n) is 2.29. The van der Waals surface area contributed by atoms with E-state index in [4.69, 9.17) is 9.31 Å². The zero-order valence-corrected chi connectivity index (χ0v) is 13.8. The molecule has 22 heavy (non-hydrogen) atoms. The van der Waals surface area contributed by atoms with Crippen molar-refractivity contribution in [3.8, 4) is 0 Å². The molecule has 1 aliphatic heterocycles. The summed E-state index contributed by atoms with van der Waals surface area (Å²) in [6.45, 7) is 8.22. The smallest absolute Gasteiger partial charge is 0.399 e. The van der Waals surface area contributed by atoms with Crippen molar-refractivity contribution < 1.29 is 19.5 Å². The highest BCUT2D eigenvalue weighted by Gasteiger charge is 2.51. The number of hydrogen-bond acceptors (Lipinski definition) is 6. The molecular formula is C15H25BN2O4. The number of rotatable bonds is 5. The minimum Gasteiger partial charge on any atom is -0.399 e. The summed E-state index contributed by atoms with van der Waals surface area (Å²) in [5, 5.41) is 22.9. The van der Waals surface area contributed by atoms with E-state index in [9.17, 15) is 10.2 Å². The number of aliphatic hydroxyl groups is 2. The molecule has 1 aromatic heterocycles. The van der Waals surface area contributed by atoms with Crippen LogP contribution in [0.4, 0.5) is 0 Å². The Morgan fingerprint density at radius 2 is 1.77 bits per heavy atom. The van der Waals surface area contributed by atoms with Crippen molar-refractivity contribution in [1.82, 2.24) is 10.3 Å².